The predicted octanol–water partition coefficient (Wildman–Crippen LogP) is 4.97. The average molecular weight is 981 g/mol. The molecule has 0 spiro atoms. The molecule has 1 heterocycles. The maximum atomic E-state index is 13.5. The number of carbonyl (C=O) groups is 2. The molecule has 21 heteroatoms. The number of sulfonamides is 1. The van der Waals surface area contributed by atoms with E-state index in [2.05, 4.69) is 27.8 Å². The SMILES string of the molecule is CC(C)c1nc(N(C)S(C)(=O)=O)nc(-c2ccc(F)cc2)c1/C=C/[C@@H](O)C[C@@H](O)CC(=O)O.CCOCC(O)COc1ccc(NC(=O)CC[S+](C)C)cc1.Cc1ccc(S(=O)(=O)[O-])cc1. The molecule has 0 aliphatic rings. The number of halogens is 1. The topological polar surface area (TPSA) is 266 Å². The number of amides is 1. The van der Waals surface area contributed by atoms with Crippen LogP contribution in [0, 0.1) is 12.7 Å². The Balaban J connectivity index is 0.000000386. The number of aliphatic hydroxyl groups excluding tert-OH is 3. The largest absolute Gasteiger partial charge is 0.744 e. The van der Waals surface area contributed by atoms with Crippen molar-refractivity contribution in [2.75, 3.05) is 61.0 Å². The molecule has 17 nitrogen and oxygen atoms in total. The first-order valence-corrected chi connectivity index (χ1v) is 26.0. The van der Waals surface area contributed by atoms with E-state index in [0.717, 1.165) is 27.6 Å². The summed E-state index contributed by atoms with van der Waals surface area (Å²) in [5.74, 6) is -0.281. The van der Waals surface area contributed by atoms with Gasteiger partial charge in [-0.15, -0.1) is 0 Å². The Bertz CT molecular complexity index is 2390. The maximum Gasteiger partial charge on any atom is 0.305 e. The fourth-order valence-corrected chi connectivity index (χ4v) is 6.84. The molecule has 0 saturated carbocycles. The molecule has 1 amide bonds. The molecule has 5 N–H and O–H groups in total. The van der Waals surface area contributed by atoms with Crippen molar-refractivity contribution >= 4 is 60.6 Å². The fraction of sp³-hybridized carbons (Fsp3) is 0.422. The first-order chi connectivity index (χ1) is 30.8. The van der Waals surface area contributed by atoms with Gasteiger partial charge in [0, 0.05) is 36.9 Å². The molecule has 0 aliphatic heterocycles. The molecule has 4 aromatic rings. The van der Waals surface area contributed by atoms with Gasteiger partial charge in [0.05, 0.1) is 66.7 Å². The number of carbonyl (C=O) groups excluding carboxylic acids is 1. The van der Waals surface area contributed by atoms with Gasteiger partial charge >= 0.3 is 5.97 Å². The van der Waals surface area contributed by atoms with Crippen LogP contribution in [0.4, 0.5) is 16.0 Å². The van der Waals surface area contributed by atoms with Crippen LogP contribution in [0.25, 0.3) is 17.3 Å². The number of rotatable bonds is 21. The molecule has 1 unspecified atom stereocenters. The molecule has 0 radical (unpaired) electrons. The van der Waals surface area contributed by atoms with Gasteiger partial charge in [-0.1, -0.05) is 43.7 Å². The Morgan fingerprint density at radius 3 is 2.05 bits per heavy atom. The van der Waals surface area contributed by atoms with Crippen LogP contribution in [-0.2, 0) is 45.4 Å². The van der Waals surface area contributed by atoms with E-state index < -0.39 is 56.7 Å². The summed E-state index contributed by atoms with van der Waals surface area (Å²) in [4.78, 5) is 31.1. The van der Waals surface area contributed by atoms with Crippen molar-refractivity contribution in [3.63, 3.8) is 0 Å². The monoisotopic (exact) mass is 980 g/mol. The molecule has 1 aromatic heterocycles. The third kappa shape index (κ3) is 21.5. The van der Waals surface area contributed by atoms with Gasteiger partial charge in [0.15, 0.2) is 0 Å². The van der Waals surface area contributed by atoms with Gasteiger partial charge in [0.25, 0.3) is 0 Å². The lowest BCUT2D eigenvalue weighted by Gasteiger charge is -2.20. The van der Waals surface area contributed by atoms with Crippen molar-refractivity contribution in [2.45, 2.75) is 76.1 Å². The van der Waals surface area contributed by atoms with Gasteiger partial charge in [-0.25, -0.2) is 35.5 Å². The zero-order chi connectivity index (χ0) is 49.8. The van der Waals surface area contributed by atoms with Crippen LogP contribution in [0.15, 0.2) is 83.8 Å². The summed E-state index contributed by atoms with van der Waals surface area (Å²) in [7, 11) is -6.32. The van der Waals surface area contributed by atoms with Crippen molar-refractivity contribution in [3.05, 3.63) is 102 Å². The Labute approximate surface area is 389 Å². The Hall–Kier alpha value is -5.00. The third-order valence-corrected chi connectivity index (χ3v) is 12.0. The number of aryl methyl sites for hydroxylation is 1. The Morgan fingerprint density at radius 1 is 0.924 bits per heavy atom. The molecule has 0 bridgehead atoms. The van der Waals surface area contributed by atoms with Crippen LogP contribution in [0.3, 0.4) is 0 Å². The smallest absolute Gasteiger partial charge is 0.305 e. The maximum absolute atomic E-state index is 13.5. The first-order valence-electron chi connectivity index (χ1n) is 20.5. The lowest BCUT2D eigenvalue weighted by molar-refractivity contribution is -0.139. The third-order valence-electron chi connectivity index (χ3n) is 8.96. The predicted molar refractivity (Wildman–Crippen MR) is 254 cm³/mol. The van der Waals surface area contributed by atoms with Crippen LogP contribution >= 0.6 is 0 Å². The van der Waals surface area contributed by atoms with Gasteiger partial charge in [-0.2, -0.15) is 0 Å². The van der Waals surface area contributed by atoms with E-state index in [-0.39, 0.29) is 53.2 Å². The van der Waals surface area contributed by atoms with Gasteiger partial charge < -0.3 is 39.8 Å². The number of benzene rings is 3. The molecule has 0 saturated heterocycles. The summed E-state index contributed by atoms with van der Waals surface area (Å²) in [6, 6.07) is 18.4. The van der Waals surface area contributed by atoms with Crippen molar-refractivity contribution < 1.29 is 65.3 Å². The molecule has 0 aliphatic carbocycles. The molecular weight excluding hydrogens is 920 g/mol. The van der Waals surface area contributed by atoms with Gasteiger partial charge in [-0.05, 0) is 91.3 Å². The van der Waals surface area contributed by atoms with E-state index in [1.807, 2.05) is 27.7 Å². The van der Waals surface area contributed by atoms with Crippen LogP contribution in [0.2, 0.25) is 0 Å². The highest BCUT2D eigenvalue weighted by atomic mass is 32.2. The summed E-state index contributed by atoms with van der Waals surface area (Å²) >= 11 is 0. The van der Waals surface area contributed by atoms with Crippen LogP contribution < -0.4 is 14.4 Å². The number of nitrogens with zero attached hydrogens (tertiary/aromatic N) is 3. The number of carboxylic acid groups (broad SMARTS) is 1. The highest BCUT2D eigenvalue weighted by molar-refractivity contribution is 7.95. The van der Waals surface area contributed by atoms with E-state index in [9.17, 15) is 50.7 Å². The van der Waals surface area contributed by atoms with Crippen molar-refractivity contribution in [3.8, 4) is 17.0 Å². The number of hydrogen-bond donors (Lipinski definition) is 5. The molecule has 364 valence electrons. The second-order valence-electron chi connectivity index (χ2n) is 15.4. The summed E-state index contributed by atoms with van der Waals surface area (Å²) in [5.41, 5.74) is 3.48. The highest BCUT2D eigenvalue weighted by Gasteiger charge is 2.23. The second kappa shape index (κ2) is 27.6. The molecule has 4 rings (SSSR count). The average Bonchev–Trinajstić information content (AvgIpc) is 3.23. The second-order valence-corrected chi connectivity index (χ2v) is 21.2. The summed E-state index contributed by atoms with van der Waals surface area (Å²) in [5, 5.41) is 41.3. The zero-order valence-electron chi connectivity index (χ0n) is 38.2. The number of aliphatic hydroxyl groups is 3. The van der Waals surface area contributed by atoms with Crippen molar-refractivity contribution in [2.24, 2.45) is 0 Å². The van der Waals surface area contributed by atoms with E-state index in [0.29, 0.717) is 41.3 Å². The summed E-state index contributed by atoms with van der Waals surface area (Å²) in [6.07, 6.45) is 5.01. The zero-order valence-corrected chi connectivity index (χ0v) is 40.7. The van der Waals surface area contributed by atoms with E-state index in [4.69, 9.17) is 14.6 Å². The molecular formula is C45H61FN4O13S3. The van der Waals surface area contributed by atoms with Crippen molar-refractivity contribution in [1.29, 1.82) is 0 Å². The minimum absolute atomic E-state index is 0.0296. The summed E-state index contributed by atoms with van der Waals surface area (Å²) in [6.45, 7) is 8.42. The van der Waals surface area contributed by atoms with E-state index in [1.54, 1.807) is 36.4 Å². The normalized spacial score (nSPS) is 13.0. The number of anilines is 2. The molecule has 66 heavy (non-hydrogen) atoms. The van der Waals surface area contributed by atoms with Gasteiger partial charge in [0.2, 0.25) is 21.9 Å². The van der Waals surface area contributed by atoms with Crippen LogP contribution in [-0.4, -0.2) is 133 Å². The Kier molecular flexibility index (Phi) is 23.9. The minimum atomic E-state index is -4.27. The van der Waals surface area contributed by atoms with Crippen molar-refractivity contribution in [1.82, 2.24) is 9.97 Å². The molecule has 3 aromatic carbocycles. The lowest BCUT2D eigenvalue weighted by atomic mass is 9.97. The van der Waals surface area contributed by atoms with Gasteiger partial charge in [0.1, 0.15) is 40.1 Å². The molecule has 0 fully saturated rings. The minimum Gasteiger partial charge on any atom is -0.744 e. The fourth-order valence-electron chi connectivity index (χ4n) is 5.40. The van der Waals surface area contributed by atoms with Crippen LogP contribution in [0.5, 0.6) is 5.75 Å². The Morgan fingerprint density at radius 2 is 1.53 bits per heavy atom. The number of hydrogen-bond acceptors (Lipinski definition) is 14. The van der Waals surface area contributed by atoms with E-state index >= 15 is 0 Å². The first kappa shape index (κ1) is 57.1. The highest BCUT2D eigenvalue weighted by Crippen LogP contribution is 2.32. The number of aromatic nitrogens is 2. The number of nitrogens with one attached hydrogen (secondary N) is 1. The standard InChI is InChI=1S/C22H28FN3O6S.C16H25NO4S.C7H8O3S/c1-13(2)20-18(10-9-16(27)11-17(28)12-19(29)30)21(14-5-7-15(23)8-6-14)25-22(24-20)26(3)33(4,31)32;1-4-20-11-14(18)12-21-15-7-5-13(6-8-15)17-16(19)9-10-22(2)3;1-6-2-4-7(5-3-6)11(8,9)10/h5-10,13,16-17,27-28H,11-12H2,1-4H3,(H,29,30);5-8,14,18H,4,9-12H2,1-3H3;2-5H,1H3,(H,8,9,10)/b10-9+;;/t16-,17-;;/m1../s1. The van der Waals surface area contributed by atoms with E-state index in [1.165, 1.54) is 55.6 Å². The summed E-state index contributed by atoms with van der Waals surface area (Å²) < 4.78 is 80.3. The molecule has 3 atom stereocenters. The lowest BCUT2D eigenvalue weighted by Crippen LogP contribution is -2.27. The van der Waals surface area contributed by atoms with Crippen LogP contribution in [0.1, 0.15) is 62.8 Å². The number of carboxylic acids is 1. The number of ether oxygens (including phenoxy) is 2. The van der Waals surface area contributed by atoms with Gasteiger partial charge in [-0.3, -0.25) is 9.59 Å². The quantitative estimate of drug-likeness (QED) is 0.0545. The number of aliphatic carboxylic acids is 1.